The first-order chi connectivity index (χ1) is 16.6. The average molecular weight is 466 g/mol. The molecule has 8 nitrogen and oxygen atoms in total. The highest BCUT2D eigenvalue weighted by atomic mass is 16.5. The van der Waals surface area contributed by atoms with Gasteiger partial charge in [-0.15, -0.1) is 0 Å². The summed E-state index contributed by atoms with van der Waals surface area (Å²) in [5.41, 5.74) is 4.95. The van der Waals surface area contributed by atoms with Gasteiger partial charge in [0, 0.05) is 50.0 Å². The fraction of sp³-hybridized carbons (Fsp3) is 0.462. The third-order valence-electron chi connectivity index (χ3n) is 6.54. The van der Waals surface area contributed by atoms with Crippen LogP contribution in [0.3, 0.4) is 0 Å². The predicted molar refractivity (Wildman–Crippen MR) is 135 cm³/mol. The lowest BCUT2D eigenvalue weighted by Crippen LogP contribution is -2.43. The molecule has 2 aliphatic rings. The van der Waals surface area contributed by atoms with Crippen molar-refractivity contribution in [1.29, 1.82) is 0 Å². The second-order valence-corrected chi connectivity index (χ2v) is 8.64. The van der Waals surface area contributed by atoms with Gasteiger partial charge in [0.1, 0.15) is 0 Å². The number of ether oxygens (including phenoxy) is 2. The van der Waals surface area contributed by atoms with Gasteiger partial charge in [-0.2, -0.15) is 5.10 Å². The molecule has 2 N–H and O–H groups in total. The van der Waals surface area contributed by atoms with Gasteiger partial charge in [-0.05, 0) is 42.7 Å². The number of piperazine rings is 1. The summed E-state index contributed by atoms with van der Waals surface area (Å²) in [6.07, 6.45) is 2.48. The number of anilines is 1. The van der Waals surface area contributed by atoms with Crippen LogP contribution in [0.5, 0.6) is 11.5 Å². The van der Waals surface area contributed by atoms with Crippen molar-refractivity contribution in [1.82, 2.24) is 15.6 Å². The van der Waals surface area contributed by atoms with Crippen LogP contribution >= 0.6 is 0 Å². The van der Waals surface area contributed by atoms with Crippen LogP contribution < -0.4 is 25.0 Å². The van der Waals surface area contributed by atoms with Crippen LogP contribution in [-0.2, 0) is 6.42 Å². The maximum absolute atomic E-state index is 12.9. The quantitative estimate of drug-likeness (QED) is 0.685. The van der Waals surface area contributed by atoms with Crippen molar-refractivity contribution in [2.75, 3.05) is 52.3 Å². The predicted octanol–water partition coefficient (Wildman–Crippen LogP) is 3.23. The molecule has 1 fully saturated rings. The number of hydrazone groups is 1. The van der Waals surface area contributed by atoms with E-state index in [-0.39, 0.29) is 12.1 Å². The largest absolute Gasteiger partial charge is 0.493 e. The van der Waals surface area contributed by atoms with Crippen LogP contribution in [0.4, 0.5) is 10.5 Å². The van der Waals surface area contributed by atoms with Crippen molar-refractivity contribution < 1.29 is 14.3 Å². The molecule has 182 valence electrons. The second-order valence-electron chi connectivity index (χ2n) is 8.64. The average Bonchev–Trinajstić information content (AvgIpc) is 3.04. The van der Waals surface area contributed by atoms with Crippen LogP contribution in [0.15, 0.2) is 41.5 Å². The number of rotatable bonds is 6. The number of methoxy groups -OCH3 is 2. The molecular formula is C26H35N5O3. The number of carbonyl (C=O) groups excluding carboxylic acids is 1. The standard InChI is InChI=1S/C26H35N5O3/c1-5-6-21-15-19-16-23(33-3)24(34-4)17-22(19)25(29-31(21)26(32)27-2)18-7-9-20(10-8-18)30-13-11-28-12-14-30/h7-10,16-17,21,28H,5-6,11-15H2,1-4H3,(H,27,32)/t21-/m0/s1. The van der Waals surface area contributed by atoms with E-state index in [1.54, 1.807) is 26.3 Å². The summed E-state index contributed by atoms with van der Waals surface area (Å²) >= 11 is 0. The normalized spacial score (nSPS) is 18.0. The minimum Gasteiger partial charge on any atom is -0.493 e. The van der Waals surface area contributed by atoms with Gasteiger partial charge >= 0.3 is 6.03 Å². The second kappa shape index (κ2) is 10.8. The lowest BCUT2D eigenvalue weighted by molar-refractivity contribution is 0.175. The Kier molecular flexibility index (Phi) is 7.57. The number of hydrogen-bond acceptors (Lipinski definition) is 6. The van der Waals surface area contributed by atoms with Gasteiger partial charge in [-0.1, -0.05) is 25.5 Å². The number of hydrogen-bond donors (Lipinski definition) is 2. The molecule has 0 unspecified atom stereocenters. The van der Waals surface area contributed by atoms with Gasteiger partial charge in [0.25, 0.3) is 0 Å². The molecule has 0 aliphatic carbocycles. The van der Waals surface area contributed by atoms with Crippen molar-refractivity contribution in [3.05, 3.63) is 53.1 Å². The smallest absolute Gasteiger partial charge is 0.337 e. The molecule has 2 aliphatic heterocycles. The summed E-state index contributed by atoms with van der Waals surface area (Å²) in [5.74, 6) is 1.32. The Balaban J connectivity index is 1.82. The maximum Gasteiger partial charge on any atom is 0.337 e. The first kappa shape index (κ1) is 23.9. The third kappa shape index (κ3) is 4.82. The Hall–Kier alpha value is -3.26. The monoisotopic (exact) mass is 465 g/mol. The first-order valence-electron chi connectivity index (χ1n) is 12.0. The van der Waals surface area contributed by atoms with E-state index in [1.165, 1.54) is 5.69 Å². The van der Waals surface area contributed by atoms with E-state index >= 15 is 0 Å². The molecule has 2 aromatic rings. The Bertz CT molecular complexity index is 1030. The Labute approximate surface area is 201 Å². The van der Waals surface area contributed by atoms with Crippen molar-refractivity contribution in [2.24, 2.45) is 5.10 Å². The molecule has 0 spiro atoms. The van der Waals surface area contributed by atoms with Crippen LogP contribution in [0.2, 0.25) is 0 Å². The topological polar surface area (TPSA) is 78.4 Å². The van der Waals surface area contributed by atoms with Gasteiger partial charge in [0.05, 0.1) is 26.0 Å². The number of carbonyl (C=O) groups is 1. The van der Waals surface area contributed by atoms with Crippen molar-refractivity contribution in [3.63, 3.8) is 0 Å². The molecule has 0 radical (unpaired) electrons. The molecule has 1 saturated heterocycles. The maximum atomic E-state index is 12.9. The third-order valence-corrected chi connectivity index (χ3v) is 6.54. The van der Waals surface area contributed by atoms with E-state index in [1.807, 2.05) is 12.1 Å². The number of amides is 2. The molecule has 0 aromatic heterocycles. The molecule has 8 heteroatoms. The van der Waals surface area contributed by atoms with Crippen LogP contribution in [0, 0.1) is 0 Å². The number of nitrogens with zero attached hydrogens (tertiary/aromatic N) is 3. The molecule has 1 atom stereocenters. The number of nitrogens with one attached hydrogen (secondary N) is 2. The molecule has 0 bridgehead atoms. The van der Waals surface area contributed by atoms with E-state index in [2.05, 4.69) is 46.7 Å². The Morgan fingerprint density at radius 2 is 1.79 bits per heavy atom. The first-order valence-corrected chi connectivity index (χ1v) is 12.0. The summed E-state index contributed by atoms with van der Waals surface area (Å²) in [7, 11) is 4.93. The highest BCUT2D eigenvalue weighted by Crippen LogP contribution is 2.35. The van der Waals surface area contributed by atoms with Gasteiger partial charge < -0.3 is 25.0 Å². The molecule has 0 saturated carbocycles. The van der Waals surface area contributed by atoms with Crippen molar-refractivity contribution >= 4 is 17.4 Å². The fourth-order valence-electron chi connectivity index (χ4n) is 4.74. The van der Waals surface area contributed by atoms with Gasteiger partial charge in [0.15, 0.2) is 11.5 Å². The highest BCUT2D eigenvalue weighted by Gasteiger charge is 2.30. The SMILES string of the molecule is CCC[C@H]1Cc2cc(OC)c(OC)cc2C(c2ccc(N3CCNCC3)cc2)=NN1C(=O)NC. The van der Waals surface area contributed by atoms with Gasteiger partial charge in [-0.25, -0.2) is 9.80 Å². The van der Waals surface area contributed by atoms with Crippen LogP contribution in [-0.4, -0.2) is 70.2 Å². The molecule has 4 rings (SSSR count). The summed E-state index contributed by atoms with van der Waals surface area (Å²) < 4.78 is 11.2. The van der Waals surface area contributed by atoms with Gasteiger partial charge in [-0.3, -0.25) is 0 Å². The minimum atomic E-state index is -0.208. The Morgan fingerprint density at radius 1 is 1.12 bits per heavy atom. The van der Waals surface area contributed by atoms with Crippen molar-refractivity contribution in [3.8, 4) is 11.5 Å². The minimum absolute atomic E-state index is 0.0561. The van der Waals surface area contributed by atoms with E-state index in [0.717, 1.165) is 61.4 Å². The van der Waals surface area contributed by atoms with E-state index in [9.17, 15) is 4.79 Å². The lowest BCUT2D eigenvalue weighted by Gasteiger charge is -2.29. The molecule has 2 aromatic carbocycles. The van der Waals surface area contributed by atoms with Crippen LogP contribution in [0.1, 0.15) is 36.5 Å². The summed E-state index contributed by atoms with van der Waals surface area (Å²) in [6.45, 7) is 6.08. The molecular weight excluding hydrogens is 430 g/mol. The van der Waals surface area contributed by atoms with E-state index < -0.39 is 0 Å². The van der Waals surface area contributed by atoms with Crippen molar-refractivity contribution in [2.45, 2.75) is 32.2 Å². The molecule has 2 heterocycles. The lowest BCUT2D eigenvalue weighted by atomic mass is 9.92. The number of fused-ring (bicyclic) bond motifs is 1. The Morgan fingerprint density at radius 3 is 2.41 bits per heavy atom. The van der Waals surface area contributed by atoms with Gasteiger partial charge in [0.2, 0.25) is 0 Å². The zero-order chi connectivity index (χ0) is 24.1. The highest BCUT2D eigenvalue weighted by molar-refractivity contribution is 6.14. The summed E-state index contributed by atoms with van der Waals surface area (Å²) in [5, 5.41) is 12.7. The van der Waals surface area contributed by atoms with E-state index in [4.69, 9.17) is 14.6 Å². The zero-order valence-electron chi connectivity index (χ0n) is 20.6. The summed E-state index contributed by atoms with van der Waals surface area (Å²) in [6, 6.07) is 12.2. The number of benzene rings is 2. The van der Waals surface area contributed by atoms with Crippen LogP contribution in [0.25, 0.3) is 0 Å². The molecule has 34 heavy (non-hydrogen) atoms. The van der Waals surface area contributed by atoms with E-state index in [0.29, 0.717) is 17.9 Å². The summed E-state index contributed by atoms with van der Waals surface area (Å²) in [4.78, 5) is 15.3. The fourth-order valence-corrected chi connectivity index (χ4v) is 4.74. The molecule has 2 amide bonds. The number of urea groups is 1. The zero-order valence-corrected chi connectivity index (χ0v) is 20.6.